The van der Waals surface area contributed by atoms with Gasteiger partial charge in [-0.25, -0.2) is 4.98 Å². The smallest absolute Gasteiger partial charge is 0.220 e. The molecule has 0 saturated heterocycles. The molecule has 45 heavy (non-hydrogen) atoms. The number of anilines is 3. The van der Waals surface area contributed by atoms with Crippen molar-refractivity contribution in [3.8, 4) is 22.5 Å². The number of para-hydroxylation sites is 5. The maximum Gasteiger partial charge on any atom is 0.220 e. The third kappa shape index (κ3) is 3.45. The van der Waals surface area contributed by atoms with Gasteiger partial charge >= 0.3 is 0 Å². The quantitative estimate of drug-likeness (QED) is 0.205. The largest absolute Gasteiger partial charge is 0.309 e. The molecule has 0 bridgehead atoms. The van der Waals surface area contributed by atoms with E-state index in [-0.39, 0.29) is 0 Å². The highest BCUT2D eigenvalue weighted by atomic mass is 15.3. The van der Waals surface area contributed by atoms with Crippen LogP contribution in [0.25, 0.3) is 66.1 Å². The topological polar surface area (TPSA) is 26.0 Å². The number of aromatic nitrogens is 3. The molecule has 0 atom stereocenters. The summed E-state index contributed by atoms with van der Waals surface area (Å²) in [6, 6.07) is 56.6. The molecule has 0 unspecified atom stereocenters. The molecule has 7 aromatic carbocycles. The Bertz CT molecular complexity index is 2550. The van der Waals surface area contributed by atoms with E-state index in [0.29, 0.717) is 0 Å². The van der Waals surface area contributed by atoms with Gasteiger partial charge in [0, 0.05) is 33.3 Å². The Balaban J connectivity index is 1.25. The second-order valence-electron chi connectivity index (χ2n) is 11.7. The molecule has 0 fully saturated rings. The predicted molar refractivity (Wildman–Crippen MR) is 187 cm³/mol. The monoisotopic (exact) mass is 574 g/mol. The molecular weight excluding hydrogens is 548 g/mol. The van der Waals surface area contributed by atoms with Crippen molar-refractivity contribution in [2.75, 3.05) is 4.90 Å². The molecule has 0 radical (unpaired) electrons. The fourth-order valence-electron chi connectivity index (χ4n) is 7.24. The number of hydrogen-bond acceptors (Lipinski definition) is 2. The molecule has 0 amide bonds. The highest BCUT2D eigenvalue weighted by Crippen LogP contribution is 2.49. The molecule has 2 aromatic heterocycles. The van der Waals surface area contributed by atoms with Gasteiger partial charge in [-0.15, -0.1) is 0 Å². The number of benzene rings is 7. The molecule has 4 heteroatoms. The summed E-state index contributed by atoms with van der Waals surface area (Å²) < 4.78 is 4.68. The van der Waals surface area contributed by atoms with Gasteiger partial charge in [-0.2, -0.15) is 0 Å². The third-order valence-electron chi connectivity index (χ3n) is 9.23. The molecule has 210 valence electrons. The van der Waals surface area contributed by atoms with Crippen molar-refractivity contribution in [2.24, 2.45) is 0 Å². The lowest BCUT2D eigenvalue weighted by Crippen LogP contribution is -2.14. The first-order valence-electron chi connectivity index (χ1n) is 15.3. The average molecular weight is 575 g/mol. The summed E-state index contributed by atoms with van der Waals surface area (Å²) >= 11 is 0. The number of nitrogens with zero attached hydrogens (tertiary/aromatic N) is 4. The molecule has 10 rings (SSSR count). The van der Waals surface area contributed by atoms with Crippen LogP contribution in [0.5, 0.6) is 0 Å². The standard InChI is InChI=1S/C41H26N4/c1-2-12-28-26-40-34(25-27(28)11-1)33-15-5-9-19-38(33)45-39-20-10-6-16-35(39)42-41(45)44(40)30-23-21-29(22-24-30)43-36-17-7-3-13-31(36)32-14-4-8-18-37(32)43/h1-26H. The molecule has 0 spiro atoms. The minimum absolute atomic E-state index is 0.877. The molecule has 0 aliphatic carbocycles. The maximum absolute atomic E-state index is 5.29. The third-order valence-corrected chi connectivity index (χ3v) is 9.23. The van der Waals surface area contributed by atoms with E-state index in [1.165, 1.54) is 43.7 Å². The SMILES string of the molecule is c1ccc2c(c1)-c1cc3ccccc3cc1N(c1ccc(-n3c4ccccc4c4ccccc43)cc1)c1nc3ccccc3n1-2. The number of rotatable bonds is 2. The van der Waals surface area contributed by atoms with Gasteiger partial charge in [-0.3, -0.25) is 9.47 Å². The van der Waals surface area contributed by atoms with Crippen LogP contribution >= 0.6 is 0 Å². The van der Waals surface area contributed by atoms with Crippen LogP contribution in [0.4, 0.5) is 17.3 Å². The van der Waals surface area contributed by atoms with Crippen LogP contribution in [0.1, 0.15) is 0 Å². The Morgan fingerprint density at radius 1 is 0.400 bits per heavy atom. The summed E-state index contributed by atoms with van der Waals surface area (Å²) in [5.41, 5.74) is 11.3. The van der Waals surface area contributed by atoms with E-state index in [4.69, 9.17) is 4.98 Å². The molecule has 1 aliphatic rings. The molecule has 1 aliphatic heterocycles. The van der Waals surface area contributed by atoms with Crippen molar-refractivity contribution in [3.63, 3.8) is 0 Å². The number of hydrogen-bond donors (Lipinski definition) is 0. The fraction of sp³-hybridized carbons (Fsp3) is 0. The van der Waals surface area contributed by atoms with E-state index in [1.54, 1.807) is 0 Å². The van der Waals surface area contributed by atoms with Gasteiger partial charge in [-0.05, 0) is 77.5 Å². The molecule has 0 saturated carbocycles. The highest BCUT2D eigenvalue weighted by Gasteiger charge is 2.29. The molecule has 0 N–H and O–H groups in total. The van der Waals surface area contributed by atoms with Gasteiger partial charge in [0.1, 0.15) is 0 Å². The van der Waals surface area contributed by atoms with Gasteiger partial charge in [-0.1, -0.05) is 91.0 Å². The van der Waals surface area contributed by atoms with Crippen LogP contribution in [0.2, 0.25) is 0 Å². The second-order valence-corrected chi connectivity index (χ2v) is 11.7. The van der Waals surface area contributed by atoms with Gasteiger partial charge < -0.3 is 4.57 Å². The van der Waals surface area contributed by atoms with Crippen LogP contribution in [0.15, 0.2) is 158 Å². The minimum Gasteiger partial charge on any atom is -0.309 e. The molecule has 3 heterocycles. The average Bonchev–Trinajstić information content (AvgIpc) is 3.61. The number of imidazole rings is 1. The lowest BCUT2D eigenvalue weighted by Gasteiger charge is -2.25. The molecule has 4 nitrogen and oxygen atoms in total. The van der Waals surface area contributed by atoms with Crippen LogP contribution in [0, 0.1) is 0 Å². The zero-order chi connectivity index (χ0) is 29.5. The van der Waals surface area contributed by atoms with Crippen LogP contribution in [0.3, 0.4) is 0 Å². The summed E-state index contributed by atoms with van der Waals surface area (Å²) in [6.07, 6.45) is 0. The Hall–Kier alpha value is -6.13. The maximum atomic E-state index is 5.29. The fourth-order valence-corrected chi connectivity index (χ4v) is 7.24. The Morgan fingerprint density at radius 3 is 1.73 bits per heavy atom. The van der Waals surface area contributed by atoms with Crippen molar-refractivity contribution in [3.05, 3.63) is 158 Å². The Labute approximate surface area is 259 Å². The van der Waals surface area contributed by atoms with E-state index in [0.717, 1.165) is 39.7 Å². The summed E-state index contributed by atoms with van der Waals surface area (Å²) in [4.78, 5) is 7.62. The first-order valence-corrected chi connectivity index (χ1v) is 15.3. The first-order chi connectivity index (χ1) is 22.3. The summed E-state index contributed by atoms with van der Waals surface area (Å²) in [7, 11) is 0. The summed E-state index contributed by atoms with van der Waals surface area (Å²) in [5, 5.41) is 4.94. The van der Waals surface area contributed by atoms with Crippen LogP contribution in [-0.2, 0) is 0 Å². The number of fused-ring (bicyclic) bond motifs is 11. The summed E-state index contributed by atoms with van der Waals surface area (Å²) in [5.74, 6) is 0.877. The van der Waals surface area contributed by atoms with E-state index in [9.17, 15) is 0 Å². The highest BCUT2D eigenvalue weighted by molar-refractivity contribution is 6.09. The van der Waals surface area contributed by atoms with Crippen molar-refractivity contribution >= 4 is 60.9 Å². The normalized spacial score (nSPS) is 12.4. The first kappa shape index (κ1) is 24.3. The Kier molecular flexibility index (Phi) is 4.96. The van der Waals surface area contributed by atoms with Crippen LogP contribution in [-0.4, -0.2) is 14.1 Å². The van der Waals surface area contributed by atoms with E-state index < -0.39 is 0 Å². The van der Waals surface area contributed by atoms with Gasteiger partial charge in [0.2, 0.25) is 5.95 Å². The lowest BCUT2D eigenvalue weighted by molar-refractivity contribution is 1.05. The van der Waals surface area contributed by atoms with Crippen molar-refractivity contribution < 1.29 is 0 Å². The van der Waals surface area contributed by atoms with E-state index >= 15 is 0 Å². The zero-order valence-corrected chi connectivity index (χ0v) is 24.3. The second kappa shape index (κ2) is 9.18. The van der Waals surface area contributed by atoms with Gasteiger partial charge in [0.15, 0.2) is 0 Å². The lowest BCUT2D eigenvalue weighted by atomic mass is 9.97. The molecular formula is C41H26N4. The van der Waals surface area contributed by atoms with Crippen molar-refractivity contribution in [1.29, 1.82) is 0 Å². The van der Waals surface area contributed by atoms with Gasteiger partial charge in [0.25, 0.3) is 0 Å². The zero-order valence-electron chi connectivity index (χ0n) is 24.3. The van der Waals surface area contributed by atoms with Gasteiger partial charge in [0.05, 0.1) is 33.4 Å². The Morgan fingerprint density at radius 2 is 0.978 bits per heavy atom. The van der Waals surface area contributed by atoms with E-state index in [1.807, 2.05) is 0 Å². The van der Waals surface area contributed by atoms with Crippen molar-refractivity contribution in [1.82, 2.24) is 14.1 Å². The summed E-state index contributed by atoms with van der Waals surface area (Å²) in [6.45, 7) is 0. The van der Waals surface area contributed by atoms with Crippen molar-refractivity contribution in [2.45, 2.75) is 0 Å². The predicted octanol–water partition coefficient (Wildman–Crippen LogP) is 10.7. The molecule has 9 aromatic rings. The minimum atomic E-state index is 0.877. The van der Waals surface area contributed by atoms with E-state index in [2.05, 4.69) is 172 Å². The van der Waals surface area contributed by atoms with Crippen LogP contribution < -0.4 is 4.90 Å².